The van der Waals surface area contributed by atoms with E-state index in [1.807, 2.05) is 6.92 Å². The molecule has 0 saturated carbocycles. The maximum absolute atomic E-state index is 11.8. The van der Waals surface area contributed by atoms with E-state index in [2.05, 4.69) is 0 Å². The van der Waals surface area contributed by atoms with E-state index in [0.29, 0.717) is 19.7 Å². The predicted molar refractivity (Wildman–Crippen MR) is 50.3 cm³/mol. The summed E-state index contributed by atoms with van der Waals surface area (Å²) in [5.74, 6) is 0.0513. The number of hydrogen-bond acceptors (Lipinski definition) is 3. The van der Waals surface area contributed by atoms with Gasteiger partial charge in [0.2, 0.25) is 0 Å². The van der Waals surface area contributed by atoms with Gasteiger partial charge in [0.1, 0.15) is 5.60 Å². The summed E-state index contributed by atoms with van der Waals surface area (Å²) in [5, 5.41) is 0. The summed E-state index contributed by atoms with van der Waals surface area (Å²) in [6.45, 7) is 3.64. The van der Waals surface area contributed by atoms with Crippen molar-refractivity contribution in [2.75, 3.05) is 26.7 Å². The molecule has 0 bridgehead atoms. The summed E-state index contributed by atoms with van der Waals surface area (Å²) >= 11 is 0. The van der Waals surface area contributed by atoms with E-state index >= 15 is 0 Å². The lowest BCUT2D eigenvalue weighted by molar-refractivity contribution is -0.149. The third kappa shape index (κ3) is 2.19. The van der Waals surface area contributed by atoms with Gasteiger partial charge < -0.3 is 15.4 Å². The van der Waals surface area contributed by atoms with E-state index < -0.39 is 5.60 Å². The maximum Gasteiger partial charge on any atom is 0.254 e. The van der Waals surface area contributed by atoms with Crippen LogP contribution in [0.4, 0.5) is 0 Å². The van der Waals surface area contributed by atoms with E-state index in [1.54, 1.807) is 11.9 Å². The molecule has 2 N–H and O–H groups in total. The van der Waals surface area contributed by atoms with E-state index in [0.717, 1.165) is 12.8 Å². The summed E-state index contributed by atoms with van der Waals surface area (Å²) in [7, 11) is 1.77. The van der Waals surface area contributed by atoms with Gasteiger partial charge in [0, 0.05) is 26.7 Å². The highest BCUT2D eigenvalue weighted by molar-refractivity contribution is 5.84. The number of amides is 1. The van der Waals surface area contributed by atoms with Gasteiger partial charge in [-0.05, 0) is 19.8 Å². The summed E-state index contributed by atoms with van der Waals surface area (Å²) in [5.41, 5.74) is 4.78. The average molecular weight is 186 g/mol. The van der Waals surface area contributed by atoms with Crippen molar-refractivity contribution in [3.63, 3.8) is 0 Å². The lowest BCUT2D eigenvalue weighted by atomic mass is 10.0. The second-order valence-electron chi connectivity index (χ2n) is 3.70. The Balaban J connectivity index is 2.54. The Hall–Kier alpha value is -0.610. The summed E-state index contributed by atoms with van der Waals surface area (Å²) in [4.78, 5) is 13.4. The van der Waals surface area contributed by atoms with Crippen LogP contribution in [0, 0.1) is 0 Å². The van der Waals surface area contributed by atoms with Crippen LogP contribution >= 0.6 is 0 Å². The third-order valence-electron chi connectivity index (χ3n) is 2.48. The first-order valence-electron chi connectivity index (χ1n) is 4.70. The van der Waals surface area contributed by atoms with Gasteiger partial charge in [0.25, 0.3) is 5.91 Å². The van der Waals surface area contributed by atoms with Crippen LogP contribution in [0.15, 0.2) is 0 Å². The molecule has 0 aromatic rings. The molecule has 0 radical (unpaired) electrons. The number of nitrogens with two attached hydrogens (primary N) is 1. The Labute approximate surface area is 79.0 Å². The molecule has 1 atom stereocenters. The van der Waals surface area contributed by atoms with E-state index in [-0.39, 0.29) is 5.91 Å². The Kier molecular flexibility index (Phi) is 3.27. The first-order chi connectivity index (χ1) is 6.10. The van der Waals surface area contributed by atoms with Gasteiger partial charge in [-0.3, -0.25) is 4.79 Å². The largest absolute Gasteiger partial charge is 0.365 e. The lowest BCUT2D eigenvalue weighted by Gasteiger charge is -2.27. The minimum Gasteiger partial charge on any atom is -0.365 e. The minimum atomic E-state index is -0.593. The van der Waals surface area contributed by atoms with E-state index in [1.165, 1.54) is 0 Å². The number of hydrogen-bond donors (Lipinski definition) is 1. The molecule has 1 rings (SSSR count). The molecule has 13 heavy (non-hydrogen) atoms. The molecule has 1 saturated heterocycles. The fraction of sp³-hybridized carbons (Fsp3) is 0.889. The summed E-state index contributed by atoms with van der Waals surface area (Å²) in [6, 6.07) is 0. The molecular weight excluding hydrogens is 168 g/mol. The standard InChI is InChI=1S/C9H18N2O2/c1-9(4-3-7-13-9)8(12)11(2)6-5-10/h3-7,10H2,1-2H3. The van der Waals surface area contributed by atoms with Crippen molar-refractivity contribution in [3.05, 3.63) is 0 Å². The van der Waals surface area contributed by atoms with Crippen molar-refractivity contribution in [1.82, 2.24) is 4.90 Å². The number of likely N-dealkylation sites (N-methyl/N-ethyl adjacent to an activating group) is 1. The van der Waals surface area contributed by atoms with Gasteiger partial charge in [-0.2, -0.15) is 0 Å². The van der Waals surface area contributed by atoms with Crippen molar-refractivity contribution in [2.24, 2.45) is 5.73 Å². The maximum atomic E-state index is 11.8. The zero-order valence-electron chi connectivity index (χ0n) is 8.38. The number of ether oxygens (including phenoxy) is 1. The number of rotatable bonds is 3. The van der Waals surface area contributed by atoms with E-state index in [9.17, 15) is 4.79 Å². The molecule has 0 aromatic carbocycles. The van der Waals surface area contributed by atoms with Crippen LogP contribution in [0.25, 0.3) is 0 Å². The van der Waals surface area contributed by atoms with Gasteiger partial charge >= 0.3 is 0 Å². The van der Waals surface area contributed by atoms with Gasteiger partial charge in [-0.25, -0.2) is 0 Å². The molecule has 0 aliphatic carbocycles. The number of carbonyl (C=O) groups excluding carboxylic acids is 1. The van der Waals surface area contributed by atoms with Crippen LogP contribution in [0.1, 0.15) is 19.8 Å². The van der Waals surface area contributed by atoms with Crippen LogP contribution in [0.3, 0.4) is 0 Å². The van der Waals surface area contributed by atoms with Crippen LogP contribution in [-0.4, -0.2) is 43.2 Å². The Morgan fingerprint density at radius 1 is 1.69 bits per heavy atom. The van der Waals surface area contributed by atoms with Crippen molar-refractivity contribution in [1.29, 1.82) is 0 Å². The molecular formula is C9H18N2O2. The molecule has 1 heterocycles. The SMILES string of the molecule is CN(CCN)C(=O)C1(C)CCCO1. The van der Waals surface area contributed by atoms with Gasteiger partial charge in [0.15, 0.2) is 0 Å². The van der Waals surface area contributed by atoms with Crippen LogP contribution in [0.2, 0.25) is 0 Å². The molecule has 1 fully saturated rings. The molecule has 4 nitrogen and oxygen atoms in total. The quantitative estimate of drug-likeness (QED) is 0.673. The van der Waals surface area contributed by atoms with E-state index in [4.69, 9.17) is 10.5 Å². The Morgan fingerprint density at radius 3 is 2.85 bits per heavy atom. The lowest BCUT2D eigenvalue weighted by Crippen LogP contribution is -2.46. The topological polar surface area (TPSA) is 55.6 Å². The van der Waals surface area contributed by atoms with Gasteiger partial charge in [-0.1, -0.05) is 0 Å². The number of carbonyl (C=O) groups is 1. The summed E-state index contributed by atoms with van der Waals surface area (Å²) in [6.07, 6.45) is 1.79. The molecule has 1 aliphatic heterocycles. The van der Waals surface area contributed by atoms with Crippen molar-refractivity contribution in [3.8, 4) is 0 Å². The monoisotopic (exact) mass is 186 g/mol. The van der Waals surface area contributed by atoms with Crippen molar-refractivity contribution >= 4 is 5.91 Å². The molecule has 1 aliphatic rings. The Bertz CT molecular complexity index is 188. The van der Waals surface area contributed by atoms with Gasteiger partial charge in [-0.15, -0.1) is 0 Å². The molecule has 0 spiro atoms. The predicted octanol–water partition coefficient (Wildman–Crippen LogP) is -0.0274. The zero-order valence-corrected chi connectivity index (χ0v) is 8.38. The second-order valence-corrected chi connectivity index (χ2v) is 3.70. The first-order valence-corrected chi connectivity index (χ1v) is 4.70. The van der Waals surface area contributed by atoms with Crippen molar-refractivity contribution in [2.45, 2.75) is 25.4 Å². The van der Waals surface area contributed by atoms with Crippen LogP contribution in [0.5, 0.6) is 0 Å². The fourth-order valence-corrected chi connectivity index (χ4v) is 1.65. The van der Waals surface area contributed by atoms with Crippen LogP contribution in [-0.2, 0) is 9.53 Å². The number of nitrogens with zero attached hydrogens (tertiary/aromatic N) is 1. The molecule has 76 valence electrons. The summed E-state index contributed by atoms with van der Waals surface area (Å²) < 4.78 is 5.44. The Morgan fingerprint density at radius 2 is 2.38 bits per heavy atom. The van der Waals surface area contributed by atoms with Gasteiger partial charge in [0.05, 0.1) is 0 Å². The smallest absolute Gasteiger partial charge is 0.254 e. The fourth-order valence-electron chi connectivity index (χ4n) is 1.65. The molecule has 0 aromatic heterocycles. The highest BCUT2D eigenvalue weighted by Crippen LogP contribution is 2.26. The molecule has 4 heteroatoms. The highest BCUT2D eigenvalue weighted by atomic mass is 16.5. The molecule has 1 unspecified atom stereocenters. The minimum absolute atomic E-state index is 0.0513. The average Bonchev–Trinajstić information content (AvgIpc) is 2.52. The normalized spacial score (nSPS) is 27.6. The third-order valence-corrected chi connectivity index (χ3v) is 2.48. The zero-order chi connectivity index (χ0) is 9.90. The second kappa shape index (κ2) is 4.07. The van der Waals surface area contributed by atoms with Crippen LogP contribution < -0.4 is 5.73 Å². The first kappa shape index (κ1) is 10.5. The van der Waals surface area contributed by atoms with Crippen molar-refractivity contribution < 1.29 is 9.53 Å². The molecule has 1 amide bonds. The highest BCUT2D eigenvalue weighted by Gasteiger charge is 2.39.